The van der Waals surface area contributed by atoms with Crippen LogP contribution in [0.3, 0.4) is 0 Å². The molecule has 0 radical (unpaired) electrons. The van der Waals surface area contributed by atoms with Gasteiger partial charge in [0.05, 0.1) is 19.0 Å². The normalized spacial score (nSPS) is 12.4. The summed E-state index contributed by atoms with van der Waals surface area (Å²) in [7, 11) is 0.313. The maximum absolute atomic E-state index is 12.4. The van der Waals surface area contributed by atoms with Crippen molar-refractivity contribution in [3.8, 4) is 0 Å². The van der Waals surface area contributed by atoms with E-state index < -0.39 is 8.07 Å². The van der Waals surface area contributed by atoms with Crippen molar-refractivity contribution in [2.24, 2.45) is 7.05 Å². The van der Waals surface area contributed by atoms with Gasteiger partial charge < -0.3 is 0 Å². The number of hydrogen-bond acceptors (Lipinski definition) is 3. The van der Waals surface area contributed by atoms with Crippen molar-refractivity contribution in [1.82, 2.24) is 9.55 Å². The van der Waals surface area contributed by atoms with Crippen LogP contribution in [0.2, 0.25) is 19.6 Å². The van der Waals surface area contributed by atoms with Crippen LogP contribution in [-0.2, 0) is 7.05 Å². The molecule has 0 fully saturated rings. The van der Waals surface area contributed by atoms with Gasteiger partial charge in [-0.3, -0.25) is 9.36 Å². The van der Waals surface area contributed by atoms with Gasteiger partial charge in [0.1, 0.15) is 5.82 Å². The van der Waals surface area contributed by atoms with E-state index in [-0.39, 0.29) is 5.56 Å². The Balaban J connectivity index is 3.01. The quantitative estimate of drug-likeness (QED) is 0.741. The predicted octanol–water partition coefficient (Wildman–Crippen LogP) is 2.16. The number of aryl methyl sites for hydroxylation is 2. The fourth-order valence-corrected chi connectivity index (χ4v) is 5.44. The van der Waals surface area contributed by atoms with Crippen LogP contribution in [0.25, 0.3) is 10.9 Å². The van der Waals surface area contributed by atoms with Gasteiger partial charge in [-0.25, -0.2) is 4.98 Å². The van der Waals surface area contributed by atoms with Gasteiger partial charge in [0.2, 0.25) is 0 Å². The summed E-state index contributed by atoms with van der Waals surface area (Å²) in [6, 6.07) is 0. The summed E-state index contributed by atoms with van der Waals surface area (Å²) in [4.78, 5) is 18.1. The Morgan fingerprint density at radius 3 is 2.35 bits per heavy atom. The molecular formula is C12H18N2OSSi. The zero-order chi connectivity index (χ0) is 13.0. The lowest BCUT2D eigenvalue weighted by Crippen LogP contribution is -2.38. The molecule has 0 aliphatic heterocycles. The van der Waals surface area contributed by atoms with Gasteiger partial charge in [0, 0.05) is 16.4 Å². The molecule has 2 rings (SSSR count). The highest BCUT2D eigenvalue weighted by Gasteiger charge is 2.26. The first kappa shape index (κ1) is 12.5. The molecule has 0 unspecified atom stereocenters. The summed E-state index contributed by atoms with van der Waals surface area (Å²) in [6.07, 6.45) is 0. The van der Waals surface area contributed by atoms with Crippen LogP contribution in [0.5, 0.6) is 0 Å². The lowest BCUT2D eigenvalue weighted by atomic mass is 10.3. The number of rotatable bonds is 1. The third kappa shape index (κ3) is 1.87. The van der Waals surface area contributed by atoms with Crippen molar-refractivity contribution in [2.45, 2.75) is 33.5 Å². The molecule has 2 aromatic heterocycles. The summed E-state index contributed by atoms with van der Waals surface area (Å²) >= 11 is 1.75. The second-order valence-corrected chi connectivity index (χ2v) is 12.1. The van der Waals surface area contributed by atoms with Crippen LogP contribution in [0, 0.1) is 13.8 Å². The van der Waals surface area contributed by atoms with Gasteiger partial charge in [-0.1, -0.05) is 19.6 Å². The van der Waals surface area contributed by atoms with Crippen LogP contribution in [0.1, 0.15) is 10.7 Å². The lowest BCUT2D eigenvalue weighted by molar-refractivity contribution is 0.793. The van der Waals surface area contributed by atoms with E-state index >= 15 is 0 Å². The van der Waals surface area contributed by atoms with E-state index in [2.05, 4.69) is 31.5 Å². The van der Waals surface area contributed by atoms with Gasteiger partial charge in [0.25, 0.3) is 5.56 Å². The second-order valence-electron chi connectivity index (χ2n) is 5.48. The Labute approximate surface area is 106 Å². The minimum absolute atomic E-state index is 0.106. The van der Waals surface area contributed by atoms with E-state index in [4.69, 9.17) is 0 Å². The van der Waals surface area contributed by atoms with E-state index in [0.29, 0.717) is 0 Å². The molecule has 0 saturated heterocycles. The minimum Gasteiger partial charge on any atom is -0.299 e. The Morgan fingerprint density at radius 2 is 1.82 bits per heavy atom. The fourth-order valence-electron chi connectivity index (χ4n) is 1.95. The average Bonchev–Trinajstić information content (AvgIpc) is 2.53. The Hall–Kier alpha value is -0.943. The first-order valence-corrected chi connectivity index (χ1v) is 10.0. The van der Waals surface area contributed by atoms with Crippen LogP contribution < -0.4 is 10.1 Å². The molecule has 0 spiro atoms. The molecule has 0 aromatic carbocycles. The maximum atomic E-state index is 12.4. The Bertz CT molecular complexity index is 649. The molecule has 2 heterocycles. The van der Waals surface area contributed by atoms with Crippen LogP contribution in [0.15, 0.2) is 4.79 Å². The lowest BCUT2D eigenvalue weighted by Gasteiger charge is -2.14. The van der Waals surface area contributed by atoms with E-state index in [1.54, 1.807) is 23.0 Å². The van der Waals surface area contributed by atoms with Crippen LogP contribution >= 0.6 is 11.3 Å². The molecular weight excluding hydrogens is 248 g/mol. The van der Waals surface area contributed by atoms with Crippen molar-refractivity contribution in [1.29, 1.82) is 0 Å². The van der Waals surface area contributed by atoms with Crippen LogP contribution in [0.4, 0.5) is 0 Å². The minimum atomic E-state index is -1.48. The molecule has 0 saturated carbocycles. The Morgan fingerprint density at radius 1 is 1.24 bits per heavy atom. The van der Waals surface area contributed by atoms with Crippen molar-refractivity contribution in [3.63, 3.8) is 0 Å². The zero-order valence-electron chi connectivity index (χ0n) is 11.2. The highest BCUT2D eigenvalue weighted by atomic mass is 32.1. The third-order valence-electron chi connectivity index (χ3n) is 3.01. The van der Waals surface area contributed by atoms with Gasteiger partial charge in [0.15, 0.2) is 0 Å². The van der Waals surface area contributed by atoms with E-state index in [0.717, 1.165) is 16.7 Å². The average molecular weight is 266 g/mol. The Kier molecular flexibility index (Phi) is 2.78. The summed E-state index contributed by atoms with van der Waals surface area (Å²) in [5, 5.41) is 0.861. The first-order valence-electron chi connectivity index (χ1n) is 5.70. The third-order valence-corrected chi connectivity index (χ3v) is 7.67. The number of nitrogens with zero attached hydrogens (tertiary/aromatic N) is 2. The van der Waals surface area contributed by atoms with Crippen molar-refractivity contribution < 1.29 is 0 Å². The summed E-state index contributed by atoms with van der Waals surface area (Å²) in [6.45, 7) is 10.8. The molecule has 0 aliphatic rings. The molecule has 0 bridgehead atoms. The molecule has 92 valence electrons. The fraction of sp³-hybridized carbons (Fsp3) is 0.500. The first-order chi connectivity index (χ1) is 7.73. The van der Waals surface area contributed by atoms with Crippen molar-refractivity contribution >= 4 is 34.8 Å². The van der Waals surface area contributed by atoms with Crippen LogP contribution in [-0.4, -0.2) is 17.6 Å². The van der Waals surface area contributed by atoms with E-state index in [9.17, 15) is 4.79 Å². The van der Waals surface area contributed by atoms with Gasteiger partial charge >= 0.3 is 0 Å². The number of fused-ring (bicyclic) bond motifs is 1. The SMILES string of the molecule is Cc1sc([Si](C)(C)C)c2c(=O)n(C)c(C)nc12. The summed E-state index contributed by atoms with van der Waals surface area (Å²) in [5.41, 5.74) is 1.02. The van der Waals surface area contributed by atoms with Gasteiger partial charge in [-0.2, -0.15) is 0 Å². The maximum Gasteiger partial charge on any atom is 0.261 e. The molecule has 0 atom stereocenters. The molecule has 0 N–H and O–H groups in total. The molecule has 0 aliphatic carbocycles. The number of hydrogen-bond donors (Lipinski definition) is 0. The molecule has 5 heteroatoms. The standard InChI is InChI=1S/C12H18N2OSSi/c1-7-10-9(12(16-7)17(4,5)6)11(15)14(3)8(2)13-10/h1-6H3. The molecule has 3 nitrogen and oxygen atoms in total. The smallest absolute Gasteiger partial charge is 0.261 e. The molecule has 0 amide bonds. The van der Waals surface area contributed by atoms with Crippen molar-refractivity contribution in [2.75, 3.05) is 0 Å². The van der Waals surface area contributed by atoms with Gasteiger partial charge in [-0.05, 0) is 13.8 Å². The van der Waals surface area contributed by atoms with Crippen molar-refractivity contribution in [3.05, 3.63) is 21.1 Å². The van der Waals surface area contributed by atoms with Gasteiger partial charge in [-0.15, -0.1) is 11.3 Å². The van der Waals surface area contributed by atoms with E-state index in [1.165, 1.54) is 9.38 Å². The largest absolute Gasteiger partial charge is 0.299 e. The topological polar surface area (TPSA) is 34.9 Å². The zero-order valence-corrected chi connectivity index (χ0v) is 13.0. The summed E-state index contributed by atoms with van der Waals surface area (Å²) < 4.78 is 2.93. The number of thiophene rings is 1. The molecule has 2 aromatic rings. The highest BCUT2D eigenvalue weighted by molar-refractivity contribution is 7.28. The summed E-state index contributed by atoms with van der Waals surface area (Å²) in [5.74, 6) is 0.783. The predicted molar refractivity (Wildman–Crippen MR) is 77.3 cm³/mol. The second kappa shape index (κ2) is 3.78. The monoisotopic (exact) mass is 266 g/mol. The molecule has 17 heavy (non-hydrogen) atoms. The highest BCUT2D eigenvalue weighted by Crippen LogP contribution is 2.22. The number of aromatic nitrogens is 2. The van der Waals surface area contributed by atoms with E-state index in [1.807, 2.05) is 6.92 Å².